The number of amides is 2. The van der Waals surface area contributed by atoms with Gasteiger partial charge in [0.25, 0.3) is 11.8 Å². The highest BCUT2D eigenvalue weighted by molar-refractivity contribution is 5.96. The summed E-state index contributed by atoms with van der Waals surface area (Å²) in [6.45, 7) is 4.38. The minimum Gasteiger partial charge on any atom is -0.382 e. The minimum absolute atomic E-state index is 0.163. The van der Waals surface area contributed by atoms with Crippen molar-refractivity contribution in [2.24, 2.45) is 14.1 Å². The van der Waals surface area contributed by atoms with E-state index >= 15 is 0 Å². The molecule has 0 fully saturated rings. The van der Waals surface area contributed by atoms with Gasteiger partial charge in [0.2, 0.25) is 0 Å². The summed E-state index contributed by atoms with van der Waals surface area (Å²) in [6, 6.07) is 3.24. The van der Waals surface area contributed by atoms with Crippen molar-refractivity contribution >= 4 is 11.8 Å². The number of rotatable bonds is 7. The topological polar surface area (TPSA) is 77.3 Å². The van der Waals surface area contributed by atoms with Crippen LogP contribution in [0.1, 0.15) is 32.1 Å². The molecule has 0 aliphatic rings. The molecule has 2 aromatic heterocycles. The number of carbonyl (C=O) groups excluding carboxylic acids is 2. The van der Waals surface area contributed by atoms with Gasteiger partial charge in [-0.25, -0.2) is 0 Å². The van der Waals surface area contributed by atoms with Crippen LogP contribution in [-0.2, 0) is 18.8 Å². The fraction of sp³-hybridized carbons (Fsp3) is 0.444. The van der Waals surface area contributed by atoms with Gasteiger partial charge in [-0.15, -0.1) is 0 Å². The van der Waals surface area contributed by atoms with Crippen LogP contribution in [0.15, 0.2) is 24.5 Å². The maximum Gasteiger partial charge on any atom is 0.253 e. The van der Waals surface area contributed by atoms with E-state index in [1.54, 1.807) is 19.2 Å². The van der Waals surface area contributed by atoms with Crippen LogP contribution < -0.4 is 10.6 Å². The van der Waals surface area contributed by atoms with Crippen LogP contribution in [0.2, 0.25) is 0 Å². The van der Waals surface area contributed by atoms with Gasteiger partial charge in [0.1, 0.15) is 0 Å². The van der Waals surface area contributed by atoms with E-state index in [-0.39, 0.29) is 17.9 Å². The highest BCUT2D eigenvalue weighted by Gasteiger charge is 2.18. The number of hydrogen-bond donors (Lipinski definition) is 2. The maximum atomic E-state index is 12.4. The minimum atomic E-state index is -0.315. The van der Waals surface area contributed by atoms with E-state index in [1.807, 2.05) is 49.5 Å². The Hall–Kier alpha value is -2.54. The molecule has 1 unspecified atom stereocenters. The van der Waals surface area contributed by atoms with E-state index in [2.05, 4.69) is 10.6 Å². The van der Waals surface area contributed by atoms with Crippen molar-refractivity contribution in [2.75, 3.05) is 20.3 Å². The van der Waals surface area contributed by atoms with Gasteiger partial charge in [-0.2, -0.15) is 0 Å². The molecule has 0 aliphatic carbocycles. The molecule has 25 heavy (non-hydrogen) atoms. The Balaban J connectivity index is 1.98. The second-order valence-corrected chi connectivity index (χ2v) is 6.19. The number of ether oxygens (including phenoxy) is 1. The molecule has 2 aromatic rings. The van der Waals surface area contributed by atoms with Gasteiger partial charge in [-0.05, 0) is 26.0 Å². The largest absolute Gasteiger partial charge is 0.382 e. The third-order valence-corrected chi connectivity index (χ3v) is 4.47. The van der Waals surface area contributed by atoms with Crippen molar-refractivity contribution in [1.82, 2.24) is 19.8 Å². The first kappa shape index (κ1) is 18.8. The lowest BCUT2D eigenvalue weighted by molar-refractivity contribution is 0.0866. The normalized spacial score (nSPS) is 12.0. The van der Waals surface area contributed by atoms with Gasteiger partial charge < -0.3 is 24.5 Å². The van der Waals surface area contributed by atoms with Crippen molar-refractivity contribution in [1.29, 1.82) is 0 Å². The van der Waals surface area contributed by atoms with Crippen LogP contribution in [0.5, 0.6) is 0 Å². The molecule has 2 rings (SSSR count). The summed E-state index contributed by atoms with van der Waals surface area (Å²) in [5.41, 5.74) is 3.03. The first-order valence-electron chi connectivity index (χ1n) is 8.17. The van der Waals surface area contributed by atoms with E-state index < -0.39 is 0 Å². The zero-order chi connectivity index (χ0) is 18.6. The lowest BCUT2D eigenvalue weighted by atomic mass is 10.2. The molecule has 0 bridgehead atoms. The van der Waals surface area contributed by atoms with Gasteiger partial charge >= 0.3 is 0 Å². The molecule has 7 heteroatoms. The Morgan fingerprint density at radius 3 is 2.00 bits per heavy atom. The summed E-state index contributed by atoms with van der Waals surface area (Å²) in [6.07, 6.45) is 3.69. The fourth-order valence-electron chi connectivity index (χ4n) is 2.62. The van der Waals surface area contributed by atoms with Crippen LogP contribution in [-0.4, -0.2) is 47.3 Å². The first-order chi connectivity index (χ1) is 11.8. The molecular formula is C18H26N4O3. The molecule has 0 saturated heterocycles. The fourth-order valence-corrected chi connectivity index (χ4v) is 2.62. The smallest absolute Gasteiger partial charge is 0.253 e. The van der Waals surface area contributed by atoms with Crippen molar-refractivity contribution in [3.05, 3.63) is 47.0 Å². The number of aryl methyl sites for hydroxylation is 2. The van der Waals surface area contributed by atoms with Gasteiger partial charge in [0.15, 0.2) is 0 Å². The highest BCUT2D eigenvalue weighted by Crippen LogP contribution is 2.09. The van der Waals surface area contributed by atoms with Crippen molar-refractivity contribution in [2.45, 2.75) is 19.9 Å². The summed E-state index contributed by atoms with van der Waals surface area (Å²) >= 11 is 0. The molecule has 1 atom stereocenters. The Morgan fingerprint density at radius 2 is 1.56 bits per heavy atom. The summed E-state index contributed by atoms with van der Waals surface area (Å²) in [5.74, 6) is -0.338. The van der Waals surface area contributed by atoms with Gasteiger partial charge in [0, 0.05) is 51.5 Å². The van der Waals surface area contributed by atoms with Gasteiger partial charge in [-0.3, -0.25) is 9.59 Å². The molecule has 0 saturated carbocycles. The number of methoxy groups -OCH3 is 1. The number of aromatic nitrogens is 2. The molecule has 0 spiro atoms. The van der Waals surface area contributed by atoms with Crippen LogP contribution in [0.25, 0.3) is 0 Å². The van der Waals surface area contributed by atoms with E-state index in [0.29, 0.717) is 24.3 Å². The Bertz CT molecular complexity index is 760. The molecule has 2 heterocycles. The third-order valence-electron chi connectivity index (χ3n) is 4.47. The second-order valence-electron chi connectivity index (χ2n) is 6.19. The molecule has 7 nitrogen and oxygen atoms in total. The average Bonchev–Trinajstić information content (AvgIpc) is 3.08. The third kappa shape index (κ3) is 4.30. The standard InChI is InChI=1S/C18H26N4O3/c1-12-15(6-8-21(12)3)17(23)19-10-14(11-25-5)20-18(24)16-7-9-22(4)13(16)2/h6-9,14H,10-11H2,1-5H3,(H,19,23)(H,20,24). The van der Waals surface area contributed by atoms with E-state index in [1.165, 1.54) is 0 Å². The predicted octanol–water partition coefficient (Wildman–Crippen LogP) is 1.16. The van der Waals surface area contributed by atoms with Crippen molar-refractivity contribution < 1.29 is 14.3 Å². The molecule has 0 aromatic carbocycles. The molecular weight excluding hydrogens is 320 g/mol. The summed E-state index contributed by atoms with van der Waals surface area (Å²) in [5, 5.41) is 5.78. The summed E-state index contributed by atoms with van der Waals surface area (Å²) < 4.78 is 8.95. The van der Waals surface area contributed by atoms with Gasteiger partial charge in [0.05, 0.1) is 23.8 Å². The van der Waals surface area contributed by atoms with E-state index in [0.717, 1.165) is 11.4 Å². The maximum absolute atomic E-state index is 12.4. The Morgan fingerprint density at radius 1 is 1.04 bits per heavy atom. The van der Waals surface area contributed by atoms with Crippen molar-refractivity contribution in [3.63, 3.8) is 0 Å². The first-order valence-corrected chi connectivity index (χ1v) is 8.17. The number of carbonyl (C=O) groups is 2. The number of nitrogens with zero attached hydrogens (tertiary/aromatic N) is 2. The molecule has 136 valence electrons. The summed E-state index contributed by atoms with van der Waals surface area (Å²) in [7, 11) is 5.35. The lowest BCUT2D eigenvalue weighted by Crippen LogP contribution is -2.46. The van der Waals surface area contributed by atoms with Crippen molar-refractivity contribution in [3.8, 4) is 0 Å². The predicted molar refractivity (Wildman–Crippen MR) is 95.8 cm³/mol. The Labute approximate surface area is 148 Å². The zero-order valence-corrected chi connectivity index (χ0v) is 15.4. The number of hydrogen-bond acceptors (Lipinski definition) is 3. The molecule has 0 aliphatic heterocycles. The number of nitrogens with one attached hydrogen (secondary N) is 2. The second kappa shape index (κ2) is 8.02. The van der Waals surface area contributed by atoms with E-state index in [9.17, 15) is 9.59 Å². The Kier molecular flexibility index (Phi) is 6.03. The average molecular weight is 346 g/mol. The van der Waals surface area contributed by atoms with Crippen LogP contribution in [0.3, 0.4) is 0 Å². The van der Waals surface area contributed by atoms with Crippen LogP contribution >= 0.6 is 0 Å². The quantitative estimate of drug-likeness (QED) is 0.790. The SMILES string of the molecule is COCC(CNC(=O)c1ccn(C)c1C)NC(=O)c1ccn(C)c1C. The monoisotopic (exact) mass is 346 g/mol. The highest BCUT2D eigenvalue weighted by atomic mass is 16.5. The molecule has 0 radical (unpaired) electrons. The van der Waals surface area contributed by atoms with Crippen LogP contribution in [0, 0.1) is 13.8 Å². The lowest BCUT2D eigenvalue weighted by Gasteiger charge is -2.19. The zero-order valence-electron chi connectivity index (χ0n) is 15.4. The van der Waals surface area contributed by atoms with Gasteiger partial charge in [-0.1, -0.05) is 0 Å². The molecule has 2 N–H and O–H groups in total. The summed E-state index contributed by atoms with van der Waals surface area (Å²) in [4.78, 5) is 24.8. The van der Waals surface area contributed by atoms with Crippen LogP contribution in [0.4, 0.5) is 0 Å². The van der Waals surface area contributed by atoms with E-state index in [4.69, 9.17) is 4.74 Å². The molecule has 2 amide bonds.